The summed E-state index contributed by atoms with van der Waals surface area (Å²) in [6.07, 6.45) is 15.1. The van der Waals surface area contributed by atoms with Crippen molar-refractivity contribution in [3.63, 3.8) is 0 Å². The minimum Gasteiger partial charge on any atom is -0.377 e. The van der Waals surface area contributed by atoms with E-state index in [1.165, 1.54) is 11.1 Å². The largest absolute Gasteiger partial charge is 0.377 e. The predicted molar refractivity (Wildman–Crippen MR) is 95.0 cm³/mol. The molecule has 3 saturated carbocycles. The van der Waals surface area contributed by atoms with Gasteiger partial charge in [-0.2, -0.15) is 0 Å². The van der Waals surface area contributed by atoms with Crippen LogP contribution in [0.4, 0.5) is 0 Å². The van der Waals surface area contributed by atoms with Gasteiger partial charge in [0.1, 0.15) is 5.60 Å². The fourth-order valence-electron chi connectivity index (χ4n) is 6.90. The molecule has 2 heteroatoms. The topological polar surface area (TPSA) is 37.3 Å². The summed E-state index contributed by atoms with van der Waals surface area (Å²) in [5.74, 6) is 5.13. The van der Waals surface area contributed by atoms with Crippen LogP contribution in [-0.4, -0.2) is 16.5 Å². The summed E-state index contributed by atoms with van der Waals surface area (Å²) in [6, 6.07) is 0. The summed E-state index contributed by atoms with van der Waals surface area (Å²) in [7, 11) is 0. The van der Waals surface area contributed by atoms with Gasteiger partial charge in [0, 0.05) is 11.8 Å². The van der Waals surface area contributed by atoms with Gasteiger partial charge in [-0.25, -0.2) is 0 Å². The quantitative estimate of drug-likeness (QED) is 0.583. The second kappa shape index (κ2) is 5.33. The average molecular weight is 324 g/mol. The highest BCUT2D eigenvalue weighted by molar-refractivity contribution is 5.91. The predicted octanol–water partition coefficient (Wildman–Crippen LogP) is 4.05. The van der Waals surface area contributed by atoms with E-state index in [-0.39, 0.29) is 5.41 Å². The van der Waals surface area contributed by atoms with Crippen molar-refractivity contribution >= 4 is 5.78 Å². The Balaban J connectivity index is 1.74. The van der Waals surface area contributed by atoms with Crippen LogP contribution in [0.1, 0.15) is 58.3 Å². The first-order valence-electron chi connectivity index (χ1n) is 9.57. The van der Waals surface area contributed by atoms with Crippen LogP contribution in [0.2, 0.25) is 0 Å². The van der Waals surface area contributed by atoms with E-state index in [0.29, 0.717) is 35.9 Å². The maximum atomic E-state index is 11.8. The van der Waals surface area contributed by atoms with Gasteiger partial charge >= 0.3 is 0 Å². The first-order chi connectivity index (χ1) is 11.5. The number of rotatable bonds is 1. The van der Waals surface area contributed by atoms with E-state index >= 15 is 0 Å². The molecule has 2 nitrogen and oxygen atoms in total. The van der Waals surface area contributed by atoms with Crippen LogP contribution >= 0.6 is 0 Å². The molecule has 0 aromatic carbocycles. The maximum absolute atomic E-state index is 11.8. The highest BCUT2D eigenvalue weighted by Crippen LogP contribution is 2.67. The number of hydrogen-bond donors (Lipinski definition) is 1. The van der Waals surface area contributed by atoms with Gasteiger partial charge in [0.15, 0.2) is 5.78 Å². The van der Waals surface area contributed by atoms with Crippen molar-refractivity contribution in [2.75, 3.05) is 0 Å². The van der Waals surface area contributed by atoms with Crippen LogP contribution < -0.4 is 0 Å². The molecule has 6 atom stereocenters. The van der Waals surface area contributed by atoms with Crippen LogP contribution in [0, 0.1) is 41.4 Å². The van der Waals surface area contributed by atoms with Crippen molar-refractivity contribution in [1.29, 1.82) is 0 Å². The number of fused-ring (bicyclic) bond motifs is 5. The van der Waals surface area contributed by atoms with Gasteiger partial charge in [-0.15, -0.1) is 6.42 Å². The number of hydrogen-bond acceptors (Lipinski definition) is 2. The lowest BCUT2D eigenvalue weighted by Gasteiger charge is -2.56. The highest BCUT2D eigenvalue weighted by Gasteiger charge is 2.64. The van der Waals surface area contributed by atoms with E-state index in [4.69, 9.17) is 6.42 Å². The molecule has 1 N–H and O–H groups in total. The zero-order valence-corrected chi connectivity index (χ0v) is 14.7. The molecule has 0 aromatic heterocycles. The molecule has 3 fully saturated rings. The molecule has 0 aliphatic heterocycles. The third-order valence-corrected chi connectivity index (χ3v) is 7.94. The Hall–Kier alpha value is -1.33. The molecule has 0 saturated heterocycles. The fourth-order valence-corrected chi connectivity index (χ4v) is 6.90. The van der Waals surface area contributed by atoms with Gasteiger partial charge in [0.05, 0.1) is 0 Å². The van der Waals surface area contributed by atoms with E-state index in [9.17, 15) is 9.90 Å². The van der Waals surface area contributed by atoms with Crippen LogP contribution in [0.25, 0.3) is 0 Å². The van der Waals surface area contributed by atoms with Crippen molar-refractivity contribution in [1.82, 2.24) is 0 Å². The summed E-state index contributed by atoms with van der Waals surface area (Å²) in [5.41, 5.74) is 1.48. The van der Waals surface area contributed by atoms with E-state index in [1.807, 2.05) is 6.08 Å². The third-order valence-electron chi connectivity index (χ3n) is 7.94. The Morgan fingerprint density at radius 2 is 2.17 bits per heavy atom. The lowest BCUT2D eigenvalue weighted by molar-refractivity contribution is -0.116. The Kier molecular flexibility index (Phi) is 3.59. The molecule has 4 rings (SSSR count). The average Bonchev–Trinajstić information content (AvgIpc) is 2.88. The van der Waals surface area contributed by atoms with Crippen molar-refractivity contribution in [2.24, 2.45) is 29.1 Å². The summed E-state index contributed by atoms with van der Waals surface area (Å²) < 4.78 is 0. The molecule has 4 aliphatic rings. The van der Waals surface area contributed by atoms with Crippen LogP contribution in [0.15, 0.2) is 23.8 Å². The summed E-state index contributed by atoms with van der Waals surface area (Å²) in [4.78, 5) is 11.8. The summed E-state index contributed by atoms with van der Waals surface area (Å²) in [5, 5.41) is 11.2. The third kappa shape index (κ3) is 1.91. The molecular formula is C22H28O2. The maximum Gasteiger partial charge on any atom is 0.155 e. The molecule has 0 bridgehead atoms. The first-order valence-corrected chi connectivity index (χ1v) is 9.57. The number of aliphatic hydroxyl groups is 1. The van der Waals surface area contributed by atoms with Crippen molar-refractivity contribution in [3.8, 4) is 12.3 Å². The number of carbonyl (C=O) groups excluding carboxylic acids is 1. The van der Waals surface area contributed by atoms with Crippen molar-refractivity contribution in [3.05, 3.63) is 23.8 Å². The van der Waals surface area contributed by atoms with E-state index < -0.39 is 5.60 Å². The molecule has 24 heavy (non-hydrogen) atoms. The zero-order valence-electron chi connectivity index (χ0n) is 14.7. The minimum absolute atomic E-state index is 0.189. The van der Waals surface area contributed by atoms with Gasteiger partial charge < -0.3 is 5.11 Å². The van der Waals surface area contributed by atoms with Crippen molar-refractivity contribution in [2.45, 2.75) is 63.9 Å². The summed E-state index contributed by atoms with van der Waals surface area (Å²) >= 11 is 0. The van der Waals surface area contributed by atoms with E-state index in [0.717, 1.165) is 44.9 Å². The van der Waals surface area contributed by atoms with Gasteiger partial charge in [-0.3, -0.25) is 4.79 Å². The van der Waals surface area contributed by atoms with E-state index in [1.54, 1.807) is 0 Å². The van der Waals surface area contributed by atoms with Crippen molar-refractivity contribution < 1.29 is 9.90 Å². The summed E-state index contributed by atoms with van der Waals surface area (Å²) in [6.45, 7) is 6.65. The molecule has 0 aromatic rings. The smallest absolute Gasteiger partial charge is 0.155 e. The fraction of sp³-hybridized carbons (Fsp3) is 0.682. The lowest BCUT2D eigenvalue weighted by Crippen LogP contribution is -2.54. The number of terminal acetylenes is 1. The van der Waals surface area contributed by atoms with Crippen LogP contribution in [0.5, 0.6) is 0 Å². The SMILES string of the molecule is C#C[C@]1(O)CC[C@@H]2[C@@H]3CCC4=CC(=O)CC[C@@H]4[C@H]3C(=C)C[C@]21CC. The second-order valence-corrected chi connectivity index (χ2v) is 8.55. The molecule has 4 aliphatic carbocycles. The second-order valence-electron chi connectivity index (χ2n) is 8.55. The molecule has 0 amide bonds. The van der Waals surface area contributed by atoms with Crippen LogP contribution in [-0.2, 0) is 4.79 Å². The zero-order chi connectivity index (χ0) is 17.1. The van der Waals surface area contributed by atoms with Gasteiger partial charge in [0.25, 0.3) is 0 Å². The molecule has 0 unspecified atom stereocenters. The first kappa shape index (κ1) is 16.2. The van der Waals surface area contributed by atoms with Gasteiger partial charge in [0.2, 0.25) is 0 Å². The Bertz CT molecular complexity index is 666. The monoisotopic (exact) mass is 324 g/mol. The number of carbonyl (C=O) groups is 1. The molecule has 0 spiro atoms. The van der Waals surface area contributed by atoms with E-state index in [2.05, 4.69) is 19.4 Å². The lowest BCUT2D eigenvalue weighted by atomic mass is 9.48. The number of allylic oxidation sites excluding steroid dienone is 2. The highest BCUT2D eigenvalue weighted by atomic mass is 16.3. The van der Waals surface area contributed by atoms with Gasteiger partial charge in [-0.05, 0) is 74.7 Å². The standard InChI is InChI=1S/C22H28O2/c1-4-21-13-14(3)20-17-9-7-16(23)12-15(17)6-8-18(20)19(21)10-11-22(21,24)5-2/h2,12,17-20,24H,3-4,6-11,13H2,1H3/t17-,18-,19+,20+,21+,22-/m0/s1. The Morgan fingerprint density at radius 3 is 2.88 bits per heavy atom. The molecule has 0 heterocycles. The number of ketones is 1. The Labute approximate surface area is 145 Å². The minimum atomic E-state index is -0.973. The Morgan fingerprint density at radius 1 is 1.38 bits per heavy atom. The normalized spacial score (nSPS) is 47.3. The molecule has 128 valence electrons. The molecular weight excluding hydrogens is 296 g/mol. The molecule has 0 radical (unpaired) electrons. The van der Waals surface area contributed by atoms with Gasteiger partial charge in [-0.1, -0.05) is 30.6 Å². The van der Waals surface area contributed by atoms with Crippen LogP contribution in [0.3, 0.4) is 0 Å².